The maximum atomic E-state index is 12.8. The Kier molecular flexibility index (Phi) is 4.45. The van der Waals surface area contributed by atoms with Gasteiger partial charge in [-0.1, -0.05) is 41.9 Å². The summed E-state index contributed by atoms with van der Waals surface area (Å²) in [5.41, 5.74) is 2.96. The van der Waals surface area contributed by atoms with Crippen molar-refractivity contribution in [2.75, 3.05) is 13.1 Å². The summed E-state index contributed by atoms with van der Waals surface area (Å²) < 4.78 is 2.00. The maximum absolute atomic E-state index is 12.8. The lowest BCUT2D eigenvalue weighted by molar-refractivity contribution is -0.130. The minimum Gasteiger partial charge on any atom is -0.343 e. The monoisotopic (exact) mass is 353 g/mol. The number of fused-ring (bicyclic) bond motifs is 1. The van der Waals surface area contributed by atoms with Crippen LogP contribution in [0.5, 0.6) is 0 Å². The van der Waals surface area contributed by atoms with Gasteiger partial charge in [0.25, 0.3) is 0 Å². The van der Waals surface area contributed by atoms with Gasteiger partial charge in [-0.25, -0.2) is 4.98 Å². The molecule has 0 spiro atoms. The highest BCUT2D eigenvalue weighted by Gasteiger charge is 2.26. The van der Waals surface area contributed by atoms with Gasteiger partial charge in [0, 0.05) is 37.8 Å². The van der Waals surface area contributed by atoms with E-state index in [-0.39, 0.29) is 11.8 Å². The summed E-state index contributed by atoms with van der Waals surface area (Å²) >= 11 is 6.18. The summed E-state index contributed by atoms with van der Waals surface area (Å²) in [4.78, 5) is 19.3. The van der Waals surface area contributed by atoms with Crippen LogP contribution in [0.15, 0.2) is 54.9 Å². The SMILES string of the molecule is O=C(CC(c1ccccc1)c1cnc2ccc(Cl)cn12)N1CCCC1. The summed E-state index contributed by atoms with van der Waals surface area (Å²) in [6, 6.07) is 13.9. The van der Waals surface area contributed by atoms with E-state index < -0.39 is 0 Å². The third kappa shape index (κ3) is 3.27. The van der Waals surface area contributed by atoms with Crippen molar-refractivity contribution in [2.45, 2.75) is 25.2 Å². The molecular formula is C20H20ClN3O. The normalized spacial score (nSPS) is 15.6. The summed E-state index contributed by atoms with van der Waals surface area (Å²) in [7, 11) is 0. The molecule has 128 valence electrons. The van der Waals surface area contributed by atoms with Crippen molar-refractivity contribution >= 4 is 23.2 Å². The Bertz CT molecular complexity index is 884. The first-order chi connectivity index (χ1) is 12.2. The largest absolute Gasteiger partial charge is 0.343 e. The molecule has 1 unspecified atom stereocenters. The topological polar surface area (TPSA) is 37.6 Å². The van der Waals surface area contributed by atoms with Crippen LogP contribution in [0.2, 0.25) is 5.02 Å². The molecule has 1 aliphatic rings. The van der Waals surface area contributed by atoms with Crippen molar-refractivity contribution < 1.29 is 4.79 Å². The van der Waals surface area contributed by atoms with E-state index in [0.29, 0.717) is 11.4 Å². The molecule has 3 heterocycles. The lowest BCUT2D eigenvalue weighted by Gasteiger charge is -2.21. The van der Waals surface area contributed by atoms with E-state index in [4.69, 9.17) is 11.6 Å². The van der Waals surface area contributed by atoms with Gasteiger partial charge in [-0.2, -0.15) is 0 Å². The number of rotatable bonds is 4. The van der Waals surface area contributed by atoms with Gasteiger partial charge in [0.05, 0.1) is 10.7 Å². The van der Waals surface area contributed by atoms with Crippen LogP contribution in [0.1, 0.15) is 36.4 Å². The maximum Gasteiger partial charge on any atom is 0.223 e. The molecule has 1 fully saturated rings. The Labute approximate surface area is 152 Å². The Morgan fingerprint density at radius 3 is 2.64 bits per heavy atom. The van der Waals surface area contributed by atoms with E-state index in [1.807, 2.05) is 52.0 Å². The first-order valence-electron chi connectivity index (χ1n) is 8.67. The van der Waals surface area contributed by atoms with Crippen molar-refractivity contribution in [1.29, 1.82) is 0 Å². The van der Waals surface area contributed by atoms with E-state index in [1.165, 1.54) is 0 Å². The minimum absolute atomic E-state index is 0.0391. The fourth-order valence-electron chi connectivity index (χ4n) is 3.58. The summed E-state index contributed by atoms with van der Waals surface area (Å²) in [5, 5.41) is 0.657. The zero-order valence-electron chi connectivity index (χ0n) is 13.9. The second-order valence-electron chi connectivity index (χ2n) is 6.51. The van der Waals surface area contributed by atoms with E-state index in [1.54, 1.807) is 0 Å². The average Bonchev–Trinajstić information content (AvgIpc) is 3.30. The second-order valence-corrected chi connectivity index (χ2v) is 6.95. The Morgan fingerprint density at radius 2 is 1.88 bits per heavy atom. The number of carbonyl (C=O) groups excluding carboxylic acids is 1. The minimum atomic E-state index is -0.0391. The molecular weight excluding hydrogens is 334 g/mol. The molecule has 25 heavy (non-hydrogen) atoms. The Balaban J connectivity index is 1.74. The van der Waals surface area contributed by atoms with Gasteiger partial charge in [0.2, 0.25) is 5.91 Å². The van der Waals surface area contributed by atoms with Crippen LogP contribution in [-0.4, -0.2) is 33.3 Å². The third-order valence-electron chi connectivity index (χ3n) is 4.89. The molecule has 4 rings (SSSR count). The molecule has 2 aromatic heterocycles. The van der Waals surface area contributed by atoms with Gasteiger partial charge in [0.1, 0.15) is 5.65 Å². The van der Waals surface area contributed by atoms with Crippen molar-refractivity contribution in [2.24, 2.45) is 0 Å². The number of hydrogen-bond acceptors (Lipinski definition) is 2. The Hall–Kier alpha value is -2.33. The number of halogens is 1. The molecule has 4 nitrogen and oxygen atoms in total. The fourth-order valence-corrected chi connectivity index (χ4v) is 3.74. The highest BCUT2D eigenvalue weighted by molar-refractivity contribution is 6.30. The molecule has 1 aromatic carbocycles. The molecule has 0 N–H and O–H groups in total. The quantitative estimate of drug-likeness (QED) is 0.707. The predicted octanol–water partition coefficient (Wildman–Crippen LogP) is 4.13. The molecule has 0 radical (unpaired) electrons. The first-order valence-corrected chi connectivity index (χ1v) is 9.05. The van der Waals surface area contributed by atoms with Crippen molar-refractivity contribution in [3.8, 4) is 0 Å². The van der Waals surface area contributed by atoms with Gasteiger partial charge < -0.3 is 9.30 Å². The summed E-state index contributed by atoms with van der Waals surface area (Å²) in [5.74, 6) is 0.172. The lowest BCUT2D eigenvalue weighted by Crippen LogP contribution is -2.29. The highest BCUT2D eigenvalue weighted by atomic mass is 35.5. The third-order valence-corrected chi connectivity index (χ3v) is 5.12. The summed E-state index contributed by atoms with van der Waals surface area (Å²) in [6.07, 6.45) is 6.39. The van der Waals surface area contributed by atoms with E-state index in [2.05, 4.69) is 17.1 Å². The first kappa shape index (κ1) is 16.2. The van der Waals surface area contributed by atoms with Crippen LogP contribution in [0.4, 0.5) is 0 Å². The predicted molar refractivity (Wildman–Crippen MR) is 98.9 cm³/mol. The average molecular weight is 354 g/mol. The number of imidazole rings is 1. The van der Waals surface area contributed by atoms with Crippen LogP contribution >= 0.6 is 11.6 Å². The second kappa shape index (κ2) is 6.89. The number of carbonyl (C=O) groups is 1. The molecule has 1 amide bonds. The van der Waals surface area contributed by atoms with Gasteiger partial charge in [-0.15, -0.1) is 0 Å². The van der Waals surface area contributed by atoms with Crippen LogP contribution in [0.25, 0.3) is 5.65 Å². The van der Waals surface area contributed by atoms with Crippen LogP contribution in [0.3, 0.4) is 0 Å². The number of pyridine rings is 1. The number of benzene rings is 1. The van der Waals surface area contributed by atoms with Crippen molar-refractivity contribution in [3.05, 3.63) is 71.1 Å². The number of hydrogen-bond donors (Lipinski definition) is 0. The molecule has 3 aromatic rings. The molecule has 1 atom stereocenters. The zero-order chi connectivity index (χ0) is 17.2. The van der Waals surface area contributed by atoms with Crippen LogP contribution in [0, 0.1) is 0 Å². The van der Waals surface area contributed by atoms with Gasteiger partial charge in [-0.3, -0.25) is 4.79 Å². The van der Waals surface area contributed by atoms with E-state index in [0.717, 1.165) is 42.8 Å². The number of aromatic nitrogens is 2. The molecule has 0 aliphatic carbocycles. The van der Waals surface area contributed by atoms with Crippen LogP contribution < -0.4 is 0 Å². The standard InChI is InChI=1S/C20H20ClN3O/c21-16-8-9-19-22-13-18(24(19)14-16)17(15-6-2-1-3-7-15)12-20(25)23-10-4-5-11-23/h1-3,6-9,13-14,17H,4-5,10-12H2. The van der Waals surface area contributed by atoms with Crippen LogP contribution in [-0.2, 0) is 4.79 Å². The van der Waals surface area contributed by atoms with Gasteiger partial charge in [-0.05, 0) is 30.5 Å². The molecule has 0 saturated carbocycles. The molecule has 5 heteroatoms. The smallest absolute Gasteiger partial charge is 0.223 e. The van der Waals surface area contributed by atoms with E-state index in [9.17, 15) is 4.79 Å². The number of amides is 1. The highest BCUT2D eigenvalue weighted by Crippen LogP contribution is 2.30. The number of nitrogens with zero attached hydrogens (tertiary/aromatic N) is 3. The van der Waals surface area contributed by atoms with E-state index >= 15 is 0 Å². The summed E-state index contributed by atoms with van der Waals surface area (Å²) in [6.45, 7) is 1.75. The molecule has 1 aliphatic heterocycles. The molecule has 1 saturated heterocycles. The number of likely N-dealkylation sites (tertiary alicyclic amines) is 1. The van der Waals surface area contributed by atoms with Crippen molar-refractivity contribution in [3.63, 3.8) is 0 Å². The Morgan fingerprint density at radius 1 is 1.12 bits per heavy atom. The molecule has 0 bridgehead atoms. The zero-order valence-corrected chi connectivity index (χ0v) is 14.7. The van der Waals surface area contributed by atoms with Crippen molar-refractivity contribution in [1.82, 2.24) is 14.3 Å². The van der Waals surface area contributed by atoms with Gasteiger partial charge in [0.15, 0.2) is 0 Å². The van der Waals surface area contributed by atoms with Gasteiger partial charge >= 0.3 is 0 Å². The lowest BCUT2D eigenvalue weighted by atomic mass is 9.92. The fraction of sp³-hybridized carbons (Fsp3) is 0.300.